The molecule has 0 radical (unpaired) electrons. The molecule has 1 aliphatic heterocycles. The number of nitrogens with two attached hydrogens (primary N) is 1. The van der Waals surface area contributed by atoms with Crippen LogP contribution in [0.3, 0.4) is 0 Å². The van der Waals surface area contributed by atoms with Gasteiger partial charge in [0.05, 0.1) is 6.10 Å². The summed E-state index contributed by atoms with van der Waals surface area (Å²) in [4.78, 5) is 14.3. The van der Waals surface area contributed by atoms with Crippen molar-refractivity contribution in [3.05, 3.63) is 35.6 Å². The molecule has 23 heavy (non-hydrogen) atoms. The first-order chi connectivity index (χ1) is 11.1. The van der Waals surface area contributed by atoms with Gasteiger partial charge in [0.2, 0.25) is 5.91 Å². The van der Waals surface area contributed by atoms with Gasteiger partial charge in [-0.25, -0.2) is 4.39 Å². The van der Waals surface area contributed by atoms with Crippen molar-refractivity contribution >= 4 is 5.91 Å². The molecule has 1 amide bonds. The van der Waals surface area contributed by atoms with E-state index in [1.807, 2.05) is 17.9 Å². The lowest BCUT2D eigenvalue weighted by atomic mass is 9.96. The van der Waals surface area contributed by atoms with E-state index in [0.717, 1.165) is 32.4 Å². The van der Waals surface area contributed by atoms with Crippen LogP contribution in [0, 0.1) is 5.82 Å². The third kappa shape index (κ3) is 5.29. The van der Waals surface area contributed by atoms with E-state index in [1.165, 1.54) is 6.07 Å². The summed E-state index contributed by atoms with van der Waals surface area (Å²) in [6.07, 6.45) is 3.18. The molecule has 1 fully saturated rings. The van der Waals surface area contributed by atoms with Gasteiger partial charge in [-0.1, -0.05) is 25.1 Å². The Morgan fingerprint density at radius 2 is 2.09 bits per heavy atom. The first kappa shape index (κ1) is 17.9. The molecule has 0 spiro atoms. The number of carbonyl (C=O) groups excluding carboxylic acids is 1. The van der Waals surface area contributed by atoms with Crippen LogP contribution in [-0.2, 0) is 9.53 Å². The number of likely N-dealkylation sites (tertiary alicyclic amines) is 1. The highest BCUT2D eigenvalue weighted by Crippen LogP contribution is 2.24. The monoisotopic (exact) mass is 322 g/mol. The fourth-order valence-electron chi connectivity index (χ4n) is 2.98. The van der Waals surface area contributed by atoms with Gasteiger partial charge in [0, 0.05) is 26.1 Å². The highest BCUT2D eigenvalue weighted by molar-refractivity contribution is 5.77. The average molecular weight is 322 g/mol. The summed E-state index contributed by atoms with van der Waals surface area (Å²) in [5.74, 6) is -0.247. The molecular formula is C18H27FN2O2. The topological polar surface area (TPSA) is 55.6 Å². The zero-order valence-electron chi connectivity index (χ0n) is 13.8. The minimum absolute atomic E-state index is 0.0983. The Kier molecular flexibility index (Phi) is 6.99. The summed E-state index contributed by atoms with van der Waals surface area (Å²) < 4.78 is 19.5. The molecule has 0 aromatic heterocycles. The van der Waals surface area contributed by atoms with E-state index in [9.17, 15) is 9.18 Å². The maximum atomic E-state index is 13.8. The number of piperidine rings is 1. The molecule has 2 rings (SSSR count). The molecule has 1 aliphatic rings. The molecule has 1 saturated heterocycles. The van der Waals surface area contributed by atoms with Crippen molar-refractivity contribution in [3.63, 3.8) is 0 Å². The van der Waals surface area contributed by atoms with Crippen LogP contribution >= 0.6 is 0 Å². The summed E-state index contributed by atoms with van der Waals surface area (Å²) in [6.45, 7) is 4.68. The number of hydrogen-bond donors (Lipinski definition) is 1. The number of ether oxygens (including phenoxy) is 1. The van der Waals surface area contributed by atoms with E-state index in [1.54, 1.807) is 12.1 Å². The third-order valence-electron chi connectivity index (χ3n) is 4.41. The summed E-state index contributed by atoms with van der Waals surface area (Å²) >= 11 is 0. The number of amides is 1. The molecule has 4 nitrogen and oxygen atoms in total. The van der Waals surface area contributed by atoms with Crippen molar-refractivity contribution in [1.29, 1.82) is 0 Å². The summed E-state index contributed by atoms with van der Waals surface area (Å²) in [5.41, 5.74) is 6.06. The highest BCUT2D eigenvalue weighted by atomic mass is 19.1. The molecule has 5 heteroatoms. The number of hydrogen-bond acceptors (Lipinski definition) is 3. The van der Waals surface area contributed by atoms with Gasteiger partial charge in [-0.05, 0) is 43.4 Å². The lowest BCUT2D eigenvalue weighted by molar-refractivity contribution is -0.134. The van der Waals surface area contributed by atoms with E-state index in [-0.39, 0.29) is 23.7 Å². The SMILES string of the molecule is CC(CC(=O)N1CCC(OCCCN)CC1)c1ccccc1F. The maximum Gasteiger partial charge on any atom is 0.223 e. The van der Waals surface area contributed by atoms with Gasteiger partial charge < -0.3 is 15.4 Å². The van der Waals surface area contributed by atoms with Gasteiger partial charge in [-0.3, -0.25) is 4.79 Å². The van der Waals surface area contributed by atoms with Crippen LogP contribution in [0.5, 0.6) is 0 Å². The second kappa shape index (κ2) is 8.99. The standard InChI is InChI=1S/C18H27FN2O2/c1-14(16-5-2-3-6-17(16)19)13-18(22)21-10-7-15(8-11-21)23-12-4-9-20/h2-3,5-6,14-15H,4,7-13,20H2,1H3. The van der Waals surface area contributed by atoms with Crippen molar-refractivity contribution in [2.75, 3.05) is 26.2 Å². The van der Waals surface area contributed by atoms with Crippen LogP contribution in [0.2, 0.25) is 0 Å². The lowest BCUT2D eigenvalue weighted by Gasteiger charge is -2.32. The number of rotatable bonds is 7. The predicted molar refractivity (Wildman–Crippen MR) is 88.7 cm³/mol. The van der Waals surface area contributed by atoms with Crippen molar-refractivity contribution in [1.82, 2.24) is 4.90 Å². The fourth-order valence-corrected chi connectivity index (χ4v) is 2.98. The van der Waals surface area contributed by atoms with Crippen LogP contribution in [0.25, 0.3) is 0 Å². The van der Waals surface area contributed by atoms with Crippen LogP contribution in [0.4, 0.5) is 4.39 Å². The highest BCUT2D eigenvalue weighted by Gasteiger charge is 2.25. The van der Waals surface area contributed by atoms with E-state index in [0.29, 0.717) is 25.1 Å². The van der Waals surface area contributed by atoms with Crippen LogP contribution in [0.1, 0.15) is 44.1 Å². The molecule has 1 unspecified atom stereocenters. The number of carbonyl (C=O) groups is 1. The Morgan fingerprint density at radius 3 is 2.74 bits per heavy atom. The van der Waals surface area contributed by atoms with Gasteiger partial charge >= 0.3 is 0 Å². The van der Waals surface area contributed by atoms with Gasteiger partial charge in [0.15, 0.2) is 0 Å². The Morgan fingerprint density at radius 1 is 1.39 bits per heavy atom. The molecular weight excluding hydrogens is 295 g/mol. The molecule has 1 atom stereocenters. The Hall–Kier alpha value is -1.46. The largest absolute Gasteiger partial charge is 0.378 e. The van der Waals surface area contributed by atoms with Crippen molar-refractivity contribution in [2.45, 2.75) is 44.6 Å². The van der Waals surface area contributed by atoms with Crippen molar-refractivity contribution < 1.29 is 13.9 Å². The summed E-state index contributed by atoms with van der Waals surface area (Å²) in [5, 5.41) is 0. The molecule has 1 aromatic rings. The van der Waals surface area contributed by atoms with Gasteiger partial charge in [-0.2, -0.15) is 0 Å². The Balaban J connectivity index is 1.78. The predicted octanol–water partition coefficient (Wildman–Crippen LogP) is 2.68. The summed E-state index contributed by atoms with van der Waals surface area (Å²) in [7, 11) is 0. The van der Waals surface area contributed by atoms with Gasteiger partial charge in [-0.15, -0.1) is 0 Å². The Labute approximate surface area is 137 Å². The second-order valence-corrected chi connectivity index (χ2v) is 6.22. The van der Waals surface area contributed by atoms with Crippen LogP contribution < -0.4 is 5.73 Å². The normalized spacial score (nSPS) is 17.3. The van der Waals surface area contributed by atoms with Gasteiger partial charge in [0.1, 0.15) is 5.82 Å². The zero-order chi connectivity index (χ0) is 16.7. The van der Waals surface area contributed by atoms with Crippen LogP contribution in [0.15, 0.2) is 24.3 Å². The zero-order valence-corrected chi connectivity index (χ0v) is 13.8. The lowest BCUT2D eigenvalue weighted by Crippen LogP contribution is -2.41. The average Bonchev–Trinajstić information content (AvgIpc) is 2.56. The van der Waals surface area contributed by atoms with Crippen molar-refractivity contribution in [3.8, 4) is 0 Å². The minimum Gasteiger partial charge on any atom is -0.378 e. The quantitative estimate of drug-likeness (QED) is 0.785. The Bertz CT molecular complexity index is 502. The third-order valence-corrected chi connectivity index (χ3v) is 4.41. The molecule has 1 heterocycles. The number of halogens is 1. The molecule has 0 saturated carbocycles. The van der Waals surface area contributed by atoms with Crippen molar-refractivity contribution in [2.24, 2.45) is 5.73 Å². The number of benzene rings is 1. The molecule has 2 N–H and O–H groups in total. The molecule has 0 aliphatic carbocycles. The second-order valence-electron chi connectivity index (χ2n) is 6.22. The molecule has 0 bridgehead atoms. The number of nitrogens with zero attached hydrogens (tertiary/aromatic N) is 1. The minimum atomic E-state index is -0.236. The van der Waals surface area contributed by atoms with E-state index < -0.39 is 0 Å². The smallest absolute Gasteiger partial charge is 0.223 e. The first-order valence-electron chi connectivity index (χ1n) is 8.45. The molecule has 1 aromatic carbocycles. The fraction of sp³-hybridized carbons (Fsp3) is 0.611. The van der Waals surface area contributed by atoms with E-state index in [2.05, 4.69) is 0 Å². The molecule has 128 valence electrons. The van der Waals surface area contributed by atoms with E-state index in [4.69, 9.17) is 10.5 Å². The van der Waals surface area contributed by atoms with E-state index >= 15 is 0 Å². The summed E-state index contributed by atoms with van der Waals surface area (Å²) in [6, 6.07) is 6.68. The van der Waals surface area contributed by atoms with Crippen LogP contribution in [-0.4, -0.2) is 43.2 Å². The maximum absolute atomic E-state index is 13.8. The van der Waals surface area contributed by atoms with Gasteiger partial charge in [0.25, 0.3) is 0 Å². The first-order valence-corrected chi connectivity index (χ1v) is 8.45.